The molecule has 1 aromatic rings. The Morgan fingerprint density at radius 3 is 2.47 bits per heavy atom. The van der Waals surface area contributed by atoms with Gasteiger partial charge in [0.05, 0.1) is 0 Å². The van der Waals surface area contributed by atoms with Crippen molar-refractivity contribution in [2.24, 2.45) is 5.92 Å². The molecule has 0 saturated heterocycles. The topological polar surface area (TPSA) is 21.3 Å². The first-order valence-electron chi connectivity index (χ1n) is 7.13. The Hall–Kier alpha value is -0.930. The Labute approximate surface area is 116 Å². The fourth-order valence-electron chi connectivity index (χ4n) is 1.89. The van der Waals surface area contributed by atoms with Gasteiger partial charge in [0.1, 0.15) is 5.82 Å². The summed E-state index contributed by atoms with van der Waals surface area (Å²) in [4.78, 5) is 0. The molecule has 1 unspecified atom stereocenters. The van der Waals surface area contributed by atoms with Gasteiger partial charge in [0.15, 0.2) is 0 Å². The lowest BCUT2D eigenvalue weighted by molar-refractivity contribution is 0.107. The van der Waals surface area contributed by atoms with E-state index in [-0.39, 0.29) is 5.82 Å². The lowest BCUT2D eigenvalue weighted by Gasteiger charge is -2.14. The van der Waals surface area contributed by atoms with Crippen molar-refractivity contribution < 1.29 is 9.13 Å². The predicted molar refractivity (Wildman–Crippen MR) is 77.8 cm³/mol. The second-order valence-corrected chi connectivity index (χ2v) is 5.51. The van der Waals surface area contributed by atoms with Gasteiger partial charge in [-0.2, -0.15) is 0 Å². The number of halogens is 1. The molecule has 2 nitrogen and oxygen atoms in total. The summed E-state index contributed by atoms with van der Waals surface area (Å²) in [5.41, 5.74) is 1.16. The van der Waals surface area contributed by atoms with Gasteiger partial charge in [-0.15, -0.1) is 0 Å². The monoisotopic (exact) mass is 267 g/mol. The summed E-state index contributed by atoms with van der Waals surface area (Å²) in [5, 5.41) is 3.46. The number of hydrogen-bond acceptors (Lipinski definition) is 2. The third kappa shape index (κ3) is 7.96. The highest BCUT2D eigenvalue weighted by Crippen LogP contribution is 2.05. The van der Waals surface area contributed by atoms with Crippen LogP contribution in [0.25, 0.3) is 0 Å². The van der Waals surface area contributed by atoms with Gasteiger partial charge in [-0.1, -0.05) is 26.0 Å². The minimum atomic E-state index is -0.174. The number of rotatable bonds is 9. The summed E-state index contributed by atoms with van der Waals surface area (Å²) >= 11 is 0. The number of hydrogen-bond donors (Lipinski definition) is 1. The Morgan fingerprint density at radius 2 is 1.84 bits per heavy atom. The SMILES string of the molecule is CC(C)COCCCNC(C)Cc1ccc(F)cc1. The van der Waals surface area contributed by atoms with Gasteiger partial charge < -0.3 is 10.1 Å². The Balaban J connectivity index is 2.08. The first-order valence-corrected chi connectivity index (χ1v) is 7.13. The van der Waals surface area contributed by atoms with Crippen LogP contribution in [0.2, 0.25) is 0 Å². The lowest BCUT2D eigenvalue weighted by Crippen LogP contribution is -2.29. The van der Waals surface area contributed by atoms with E-state index in [0.29, 0.717) is 12.0 Å². The van der Waals surface area contributed by atoms with E-state index in [0.717, 1.165) is 38.2 Å². The second-order valence-electron chi connectivity index (χ2n) is 5.51. The summed E-state index contributed by atoms with van der Waals surface area (Å²) < 4.78 is 18.3. The first-order chi connectivity index (χ1) is 9.08. The summed E-state index contributed by atoms with van der Waals surface area (Å²) in [5.74, 6) is 0.428. The van der Waals surface area contributed by atoms with Crippen LogP contribution in [0.1, 0.15) is 32.8 Å². The lowest BCUT2D eigenvalue weighted by atomic mass is 10.1. The maximum atomic E-state index is 12.8. The predicted octanol–water partition coefficient (Wildman–Crippen LogP) is 3.41. The summed E-state index contributed by atoms with van der Waals surface area (Å²) in [6, 6.07) is 7.12. The molecule has 3 heteroatoms. The van der Waals surface area contributed by atoms with Crippen LogP contribution in [0.5, 0.6) is 0 Å². The van der Waals surface area contributed by atoms with Crippen molar-refractivity contribution in [1.29, 1.82) is 0 Å². The minimum Gasteiger partial charge on any atom is -0.381 e. The maximum Gasteiger partial charge on any atom is 0.123 e. The number of ether oxygens (including phenoxy) is 1. The fourth-order valence-corrected chi connectivity index (χ4v) is 1.89. The van der Waals surface area contributed by atoms with Gasteiger partial charge in [0.2, 0.25) is 0 Å². The normalized spacial score (nSPS) is 12.9. The molecule has 1 rings (SSSR count). The Morgan fingerprint density at radius 1 is 1.16 bits per heavy atom. The molecule has 1 aromatic carbocycles. The average molecular weight is 267 g/mol. The highest BCUT2D eigenvalue weighted by atomic mass is 19.1. The van der Waals surface area contributed by atoms with Gasteiger partial charge in [0, 0.05) is 19.3 Å². The van der Waals surface area contributed by atoms with E-state index in [4.69, 9.17) is 4.74 Å². The van der Waals surface area contributed by atoms with Crippen LogP contribution in [0.4, 0.5) is 4.39 Å². The standard InChI is InChI=1S/C16H26FNO/c1-13(2)12-19-10-4-9-18-14(3)11-15-5-7-16(17)8-6-15/h5-8,13-14,18H,4,9-12H2,1-3H3. The molecular formula is C16H26FNO. The third-order valence-corrected chi connectivity index (χ3v) is 2.86. The third-order valence-electron chi connectivity index (χ3n) is 2.86. The Bertz CT molecular complexity index is 337. The molecule has 19 heavy (non-hydrogen) atoms. The van der Waals surface area contributed by atoms with Crippen molar-refractivity contribution >= 4 is 0 Å². The fraction of sp³-hybridized carbons (Fsp3) is 0.625. The van der Waals surface area contributed by atoms with E-state index in [1.165, 1.54) is 12.1 Å². The molecule has 0 fully saturated rings. The minimum absolute atomic E-state index is 0.174. The average Bonchev–Trinajstić information content (AvgIpc) is 2.36. The molecule has 108 valence electrons. The molecule has 1 atom stereocenters. The van der Waals surface area contributed by atoms with Gasteiger partial charge in [-0.25, -0.2) is 4.39 Å². The molecule has 0 heterocycles. The zero-order chi connectivity index (χ0) is 14.1. The van der Waals surface area contributed by atoms with Gasteiger partial charge in [-0.05, 0) is 49.9 Å². The molecule has 1 N–H and O–H groups in total. The molecule has 0 saturated carbocycles. The van der Waals surface area contributed by atoms with Crippen LogP contribution in [0, 0.1) is 11.7 Å². The van der Waals surface area contributed by atoms with Gasteiger partial charge in [0.25, 0.3) is 0 Å². The molecule has 0 radical (unpaired) electrons. The maximum absolute atomic E-state index is 12.8. The van der Waals surface area contributed by atoms with E-state index in [2.05, 4.69) is 26.1 Å². The highest BCUT2D eigenvalue weighted by molar-refractivity contribution is 5.16. The van der Waals surface area contributed by atoms with E-state index in [1.807, 2.05) is 12.1 Å². The van der Waals surface area contributed by atoms with Crippen LogP contribution in [0.3, 0.4) is 0 Å². The van der Waals surface area contributed by atoms with Crippen molar-refractivity contribution in [2.45, 2.75) is 39.7 Å². The molecule has 0 aliphatic rings. The van der Waals surface area contributed by atoms with E-state index in [1.54, 1.807) is 0 Å². The quantitative estimate of drug-likeness (QED) is 0.692. The molecule has 0 spiro atoms. The van der Waals surface area contributed by atoms with Gasteiger partial charge >= 0.3 is 0 Å². The van der Waals surface area contributed by atoms with Crippen LogP contribution in [0.15, 0.2) is 24.3 Å². The van der Waals surface area contributed by atoms with Crippen molar-refractivity contribution in [3.05, 3.63) is 35.6 Å². The largest absolute Gasteiger partial charge is 0.381 e. The van der Waals surface area contributed by atoms with Crippen molar-refractivity contribution in [2.75, 3.05) is 19.8 Å². The van der Waals surface area contributed by atoms with E-state index >= 15 is 0 Å². The smallest absolute Gasteiger partial charge is 0.123 e. The molecule has 0 amide bonds. The first kappa shape index (κ1) is 16.1. The summed E-state index contributed by atoms with van der Waals surface area (Å²) in [7, 11) is 0. The summed E-state index contributed by atoms with van der Waals surface area (Å²) in [6.07, 6.45) is 1.95. The van der Waals surface area contributed by atoms with Crippen molar-refractivity contribution in [1.82, 2.24) is 5.32 Å². The zero-order valence-corrected chi connectivity index (χ0v) is 12.3. The van der Waals surface area contributed by atoms with Crippen LogP contribution < -0.4 is 5.32 Å². The van der Waals surface area contributed by atoms with E-state index < -0.39 is 0 Å². The van der Waals surface area contributed by atoms with Gasteiger partial charge in [-0.3, -0.25) is 0 Å². The molecular weight excluding hydrogens is 241 g/mol. The van der Waals surface area contributed by atoms with Crippen molar-refractivity contribution in [3.8, 4) is 0 Å². The van der Waals surface area contributed by atoms with Crippen molar-refractivity contribution in [3.63, 3.8) is 0 Å². The molecule has 0 aliphatic carbocycles. The highest BCUT2D eigenvalue weighted by Gasteiger charge is 2.03. The van der Waals surface area contributed by atoms with Crippen LogP contribution in [-0.2, 0) is 11.2 Å². The molecule has 0 aliphatic heterocycles. The Kier molecular flexibility index (Phi) is 7.68. The zero-order valence-electron chi connectivity index (χ0n) is 12.3. The summed E-state index contributed by atoms with van der Waals surface area (Å²) in [6.45, 7) is 9.07. The molecule has 0 bridgehead atoms. The van der Waals surface area contributed by atoms with E-state index in [9.17, 15) is 4.39 Å². The van der Waals surface area contributed by atoms with Crippen LogP contribution in [-0.4, -0.2) is 25.8 Å². The number of nitrogens with one attached hydrogen (secondary N) is 1. The molecule has 0 aromatic heterocycles. The second kappa shape index (κ2) is 9.05. The number of benzene rings is 1. The van der Waals surface area contributed by atoms with Crippen LogP contribution >= 0.6 is 0 Å².